The van der Waals surface area contributed by atoms with Crippen LogP contribution in [0.25, 0.3) is 0 Å². The predicted octanol–water partition coefficient (Wildman–Crippen LogP) is 1.82. The van der Waals surface area contributed by atoms with Gasteiger partial charge in [-0.2, -0.15) is 0 Å². The Morgan fingerprint density at radius 2 is 2.26 bits per heavy atom. The van der Waals surface area contributed by atoms with Gasteiger partial charge in [0.15, 0.2) is 0 Å². The smallest absolute Gasteiger partial charge is 0.223 e. The van der Waals surface area contributed by atoms with Crippen LogP contribution in [0.3, 0.4) is 0 Å². The Morgan fingerprint density at radius 1 is 1.32 bits per heavy atom. The zero-order valence-electron chi connectivity index (χ0n) is 11.2. The molecule has 4 atom stereocenters. The number of carbonyl (C=O) groups is 1. The van der Waals surface area contributed by atoms with Crippen molar-refractivity contribution in [3.63, 3.8) is 0 Å². The van der Waals surface area contributed by atoms with Gasteiger partial charge in [0.2, 0.25) is 5.91 Å². The third-order valence-electron chi connectivity index (χ3n) is 5.43. The summed E-state index contributed by atoms with van der Waals surface area (Å²) in [7, 11) is 0. The quantitative estimate of drug-likeness (QED) is 0.851. The van der Waals surface area contributed by atoms with E-state index in [0.717, 1.165) is 36.8 Å². The molecule has 102 valence electrons. The number of aromatic amines is 1. The van der Waals surface area contributed by atoms with Crippen molar-refractivity contribution in [2.24, 2.45) is 17.8 Å². The standard InChI is InChI=1S/C15H21N3O/c19-15(18-13-6-9-1-2-10(13)5-9)11-3-4-12-14(7-11)17-8-16-12/h8-11,13H,1-7H2,(H,16,17)(H,18,19). The molecule has 4 unspecified atom stereocenters. The summed E-state index contributed by atoms with van der Waals surface area (Å²) in [6.07, 6.45) is 9.76. The summed E-state index contributed by atoms with van der Waals surface area (Å²) in [5.74, 6) is 2.05. The Bertz CT molecular complexity index is 495. The van der Waals surface area contributed by atoms with Gasteiger partial charge in [-0.1, -0.05) is 6.42 Å². The maximum absolute atomic E-state index is 12.4. The lowest BCUT2D eigenvalue weighted by Crippen LogP contribution is -2.43. The van der Waals surface area contributed by atoms with Gasteiger partial charge in [0.25, 0.3) is 0 Å². The minimum Gasteiger partial charge on any atom is -0.353 e. The molecule has 3 aliphatic carbocycles. The van der Waals surface area contributed by atoms with Crippen molar-refractivity contribution >= 4 is 5.91 Å². The van der Waals surface area contributed by atoms with Crippen LogP contribution >= 0.6 is 0 Å². The number of nitrogens with zero attached hydrogens (tertiary/aromatic N) is 1. The summed E-state index contributed by atoms with van der Waals surface area (Å²) in [5.41, 5.74) is 2.32. The maximum atomic E-state index is 12.4. The van der Waals surface area contributed by atoms with Crippen molar-refractivity contribution in [3.05, 3.63) is 17.7 Å². The number of hydrogen-bond donors (Lipinski definition) is 2. The molecule has 0 radical (unpaired) electrons. The lowest BCUT2D eigenvalue weighted by atomic mass is 9.88. The van der Waals surface area contributed by atoms with Gasteiger partial charge in [0, 0.05) is 24.1 Å². The monoisotopic (exact) mass is 259 g/mol. The molecule has 2 fully saturated rings. The van der Waals surface area contributed by atoms with E-state index >= 15 is 0 Å². The van der Waals surface area contributed by atoms with Crippen molar-refractivity contribution in [3.8, 4) is 0 Å². The first-order chi connectivity index (χ1) is 9.29. The third kappa shape index (κ3) is 1.97. The summed E-state index contributed by atoms with van der Waals surface area (Å²) in [6, 6.07) is 0.465. The molecule has 4 rings (SSSR count). The molecule has 1 aromatic rings. The molecule has 0 saturated heterocycles. The second-order valence-electron chi connectivity index (χ2n) is 6.56. The predicted molar refractivity (Wildman–Crippen MR) is 71.5 cm³/mol. The molecule has 4 heteroatoms. The van der Waals surface area contributed by atoms with Crippen molar-refractivity contribution in [2.45, 2.75) is 51.0 Å². The van der Waals surface area contributed by atoms with E-state index < -0.39 is 0 Å². The Balaban J connectivity index is 1.39. The lowest BCUT2D eigenvalue weighted by molar-refractivity contribution is -0.126. The van der Waals surface area contributed by atoms with Gasteiger partial charge in [-0.15, -0.1) is 0 Å². The lowest BCUT2D eigenvalue weighted by Gasteiger charge is -2.27. The molecular weight excluding hydrogens is 238 g/mol. The molecule has 3 aliphatic rings. The summed E-state index contributed by atoms with van der Waals surface area (Å²) in [5, 5.41) is 3.33. The van der Waals surface area contributed by atoms with E-state index in [9.17, 15) is 4.79 Å². The molecule has 1 heterocycles. The van der Waals surface area contributed by atoms with Gasteiger partial charge >= 0.3 is 0 Å². The van der Waals surface area contributed by atoms with Crippen molar-refractivity contribution in [1.29, 1.82) is 0 Å². The van der Waals surface area contributed by atoms with Gasteiger partial charge < -0.3 is 10.3 Å². The number of H-pyrrole nitrogens is 1. The third-order valence-corrected chi connectivity index (χ3v) is 5.43. The van der Waals surface area contributed by atoms with E-state index in [4.69, 9.17) is 0 Å². The largest absolute Gasteiger partial charge is 0.353 e. The zero-order valence-corrected chi connectivity index (χ0v) is 11.2. The zero-order chi connectivity index (χ0) is 12.8. The first-order valence-corrected chi connectivity index (χ1v) is 7.61. The minimum absolute atomic E-state index is 0.134. The van der Waals surface area contributed by atoms with Gasteiger partial charge in [-0.25, -0.2) is 4.98 Å². The number of fused-ring (bicyclic) bond motifs is 3. The fourth-order valence-corrected chi connectivity index (χ4v) is 4.34. The van der Waals surface area contributed by atoms with Gasteiger partial charge in [-0.05, 0) is 43.9 Å². The number of amides is 1. The fourth-order valence-electron chi connectivity index (χ4n) is 4.34. The Morgan fingerprint density at radius 3 is 3.05 bits per heavy atom. The molecule has 2 bridgehead atoms. The van der Waals surface area contributed by atoms with Crippen molar-refractivity contribution in [1.82, 2.24) is 15.3 Å². The highest BCUT2D eigenvalue weighted by Crippen LogP contribution is 2.44. The molecule has 4 nitrogen and oxygen atoms in total. The van der Waals surface area contributed by atoms with Crippen LogP contribution < -0.4 is 5.32 Å². The van der Waals surface area contributed by atoms with Crippen LogP contribution in [0.5, 0.6) is 0 Å². The van der Waals surface area contributed by atoms with E-state index in [2.05, 4.69) is 15.3 Å². The first-order valence-electron chi connectivity index (χ1n) is 7.61. The SMILES string of the molecule is O=C(NC1CC2CCC1C2)C1CCc2[nH]cnc2C1. The van der Waals surface area contributed by atoms with E-state index in [1.165, 1.54) is 31.4 Å². The van der Waals surface area contributed by atoms with E-state index in [1.54, 1.807) is 6.33 Å². The number of carbonyl (C=O) groups excluding carboxylic acids is 1. The molecule has 1 amide bonds. The molecule has 0 aromatic carbocycles. The fraction of sp³-hybridized carbons (Fsp3) is 0.733. The van der Waals surface area contributed by atoms with Crippen molar-refractivity contribution in [2.75, 3.05) is 0 Å². The van der Waals surface area contributed by atoms with E-state index in [0.29, 0.717) is 6.04 Å². The Labute approximate surface area is 113 Å². The number of hydrogen-bond acceptors (Lipinski definition) is 2. The summed E-state index contributed by atoms with van der Waals surface area (Å²) < 4.78 is 0. The maximum Gasteiger partial charge on any atom is 0.223 e. The van der Waals surface area contributed by atoms with Crippen LogP contribution in [0.15, 0.2) is 6.33 Å². The van der Waals surface area contributed by atoms with Gasteiger partial charge in [0.05, 0.1) is 12.0 Å². The molecule has 0 aliphatic heterocycles. The van der Waals surface area contributed by atoms with E-state index in [1.807, 2.05) is 0 Å². The number of aryl methyl sites for hydroxylation is 1. The van der Waals surface area contributed by atoms with Crippen LogP contribution in [0.2, 0.25) is 0 Å². The minimum atomic E-state index is 0.134. The van der Waals surface area contributed by atoms with Crippen molar-refractivity contribution < 1.29 is 4.79 Å². The van der Waals surface area contributed by atoms with Crippen LogP contribution in [-0.2, 0) is 17.6 Å². The highest BCUT2D eigenvalue weighted by atomic mass is 16.1. The van der Waals surface area contributed by atoms with Gasteiger partial charge in [0.1, 0.15) is 0 Å². The summed E-state index contributed by atoms with van der Waals surface area (Å²) >= 11 is 0. The first kappa shape index (κ1) is 11.5. The number of nitrogens with one attached hydrogen (secondary N) is 2. The topological polar surface area (TPSA) is 57.8 Å². The molecule has 2 saturated carbocycles. The second-order valence-corrected chi connectivity index (χ2v) is 6.56. The molecular formula is C15H21N3O. The average molecular weight is 259 g/mol. The normalized spacial score (nSPS) is 36.2. The van der Waals surface area contributed by atoms with Crippen LogP contribution in [0.1, 0.15) is 43.5 Å². The highest BCUT2D eigenvalue weighted by molar-refractivity contribution is 5.79. The molecule has 0 spiro atoms. The number of aromatic nitrogens is 2. The molecule has 2 N–H and O–H groups in total. The number of rotatable bonds is 2. The van der Waals surface area contributed by atoms with E-state index in [-0.39, 0.29) is 11.8 Å². The van der Waals surface area contributed by atoms with Crippen LogP contribution in [0, 0.1) is 17.8 Å². The van der Waals surface area contributed by atoms with Crippen LogP contribution in [-0.4, -0.2) is 21.9 Å². The molecule has 1 aromatic heterocycles. The highest BCUT2D eigenvalue weighted by Gasteiger charge is 2.41. The summed E-state index contributed by atoms with van der Waals surface area (Å²) in [4.78, 5) is 19.9. The Kier molecular flexibility index (Phi) is 2.64. The second kappa shape index (κ2) is 4.36. The number of imidazole rings is 1. The summed E-state index contributed by atoms with van der Waals surface area (Å²) in [6.45, 7) is 0. The average Bonchev–Trinajstić information content (AvgIpc) is 3.13. The Hall–Kier alpha value is -1.32. The molecule has 19 heavy (non-hydrogen) atoms. The van der Waals surface area contributed by atoms with Crippen LogP contribution in [0.4, 0.5) is 0 Å². The van der Waals surface area contributed by atoms with Gasteiger partial charge in [-0.3, -0.25) is 4.79 Å².